The lowest BCUT2D eigenvalue weighted by atomic mass is 10.2. The topological polar surface area (TPSA) is 56.7 Å². The predicted molar refractivity (Wildman–Crippen MR) is 106 cm³/mol. The predicted octanol–water partition coefficient (Wildman–Crippen LogP) is 2.86. The number of nitrogens with one attached hydrogen (secondary N) is 2. The third kappa shape index (κ3) is 7.64. The highest BCUT2D eigenvalue weighted by Gasteiger charge is 2.06. The first-order valence-corrected chi connectivity index (χ1v) is 7.77. The molecule has 0 saturated carbocycles. The van der Waals surface area contributed by atoms with Crippen LogP contribution in [0, 0.1) is 0 Å². The zero-order valence-corrected chi connectivity index (χ0v) is 17.5. The maximum atomic E-state index is 11.6. The number of benzene rings is 1. The molecule has 0 atom stereocenters. The van der Waals surface area contributed by atoms with Crippen molar-refractivity contribution in [3.05, 3.63) is 33.3 Å². The number of guanidine groups is 1. The van der Waals surface area contributed by atoms with E-state index in [0.29, 0.717) is 17.5 Å². The van der Waals surface area contributed by atoms with Gasteiger partial charge in [0.1, 0.15) is 0 Å². The summed E-state index contributed by atoms with van der Waals surface area (Å²) in [5.74, 6) is 0.578. The summed E-state index contributed by atoms with van der Waals surface area (Å²) < 4.78 is 0.932. The van der Waals surface area contributed by atoms with Gasteiger partial charge in [0.15, 0.2) is 5.96 Å². The lowest BCUT2D eigenvalue weighted by molar-refractivity contribution is -0.127. The quantitative estimate of drug-likeness (QED) is 0.369. The summed E-state index contributed by atoms with van der Waals surface area (Å²) in [7, 11) is 3.44. The Kier molecular flexibility index (Phi) is 10.8. The van der Waals surface area contributed by atoms with E-state index in [4.69, 9.17) is 11.6 Å². The first-order valence-electron chi connectivity index (χ1n) is 6.60. The van der Waals surface area contributed by atoms with E-state index in [9.17, 15) is 4.79 Å². The average Bonchev–Trinajstić information content (AvgIpc) is 2.42. The number of carbonyl (C=O) groups excluding carboxylic acids is 1. The molecule has 1 aromatic carbocycles. The van der Waals surface area contributed by atoms with Gasteiger partial charge in [-0.25, -0.2) is 4.99 Å². The monoisotopic (exact) mass is 502 g/mol. The molecule has 0 radical (unpaired) electrons. The van der Waals surface area contributed by atoms with Gasteiger partial charge < -0.3 is 15.5 Å². The van der Waals surface area contributed by atoms with Crippen molar-refractivity contribution in [1.29, 1.82) is 0 Å². The molecule has 0 bridgehead atoms. The second kappa shape index (κ2) is 11.1. The summed E-state index contributed by atoms with van der Waals surface area (Å²) in [5, 5.41) is 6.75. The number of hydrogen-bond donors (Lipinski definition) is 2. The molecule has 1 amide bonds. The molecule has 0 aromatic heterocycles. The molecule has 2 N–H and O–H groups in total. The molecular formula is C14H21BrClIN4O. The van der Waals surface area contributed by atoms with Gasteiger partial charge in [0.25, 0.3) is 0 Å². The second-order valence-electron chi connectivity index (χ2n) is 4.57. The molecule has 0 aliphatic carbocycles. The summed E-state index contributed by atoms with van der Waals surface area (Å²) in [4.78, 5) is 17.5. The highest BCUT2D eigenvalue weighted by atomic mass is 127. The number of hydrogen-bond acceptors (Lipinski definition) is 2. The van der Waals surface area contributed by atoms with Gasteiger partial charge in [-0.3, -0.25) is 4.79 Å². The number of amides is 1. The van der Waals surface area contributed by atoms with Gasteiger partial charge in [-0.1, -0.05) is 33.6 Å². The van der Waals surface area contributed by atoms with Crippen molar-refractivity contribution < 1.29 is 4.79 Å². The molecule has 0 aliphatic heterocycles. The zero-order valence-electron chi connectivity index (χ0n) is 12.8. The molecule has 22 heavy (non-hydrogen) atoms. The molecule has 0 spiro atoms. The van der Waals surface area contributed by atoms with Crippen LogP contribution in [0.4, 0.5) is 0 Å². The summed E-state index contributed by atoms with van der Waals surface area (Å²) >= 11 is 9.53. The van der Waals surface area contributed by atoms with Crippen LogP contribution in [0.15, 0.2) is 27.7 Å². The smallest absolute Gasteiger partial charge is 0.241 e. The van der Waals surface area contributed by atoms with E-state index in [-0.39, 0.29) is 36.4 Å². The molecule has 5 nitrogen and oxygen atoms in total. The minimum absolute atomic E-state index is 0. The standard InChI is InChI=1S/C14H20BrClN4O.HI/c1-4-17-14(19-9-13(21)20(2)3)18-8-10-5-6-11(15)7-12(10)16;/h5-7H,4,8-9H2,1-3H3,(H2,17,18,19);1H. The number of halogens is 3. The molecule has 124 valence electrons. The number of likely N-dealkylation sites (N-methyl/N-ethyl adjacent to an activating group) is 1. The molecule has 0 heterocycles. The van der Waals surface area contributed by atoms with Crippen LogP contribution < -0.4 is 10.6 Å². The van der Waals surface area contributed by atoms with Crippen LogP contribution >= 0.6 is 51.5 Å². The molecular weight excluding hydrogens is 482 g/mol. The van der Waals surface area contributed by atoms with E-state index in [1.165, 1.54) is 4.90 Å². The minimum Gasteiger partial charge on any atom is -0.357 e. The van der Waals surface area contributed by atoms with Crippen molar-refractivity contribution >= 4 is 63.4 Å². The molecule has 1 rings (SSSR count). The molecule has 0 aliphatic rings. The Hall–Kier alpha value is -0.540. The van der Waals surface area contributed by atoms with Crippen molar-refractivity contribution in [3.63, 3.8) is 0 Å². The zero-order chi connectivity index (χ0) is 15.8. The fraction of sp³-hybridized carbons (Fsp3) is 0.429. The van der Waals surface area contributed by atoms with Crippen LogP contribution in [0.1, 0.15) is 12.5 Å². The molecule has 1 aromatic rings. The van der Waals surface area contributed by atoms with Crippen molar-refractivity contribution in [2.45, 2.75) is 13.5 Å². The highest BCUT2D eigenvalue weighted by Crippen LogP contribution is 2.21. The van der Waals surface area contributed by atoms with E-state index >= 15 is 0 Å². The fourth-order valence-electron chi connectivity index (χ4n) is 1.47. The third-order valence-corrected chi connectivity index (χ3v) is 3.52. The van der Waals surface area contributed by atoms with E-state index in [1.807, 2.05) is 25.1 Å². The molecule has 0 fully saturated rings. The van der Waals surface area contributed by atoms with Gasteiger partial charge in [-0.2, -0.15) is 0 Å². The Labute approximate surface area is 162 Å². The van der Waals surface area contributed by atoms with Crippen LogP contribution in [0.25, 0.3) is 0 Å². The van der Waals surface area contributed by atoms with Crippen molar-refractivity contribution in [3.8, 4) is 0 Å². The Balaban J connectivity index is 0.00000441. The highest BCUT2D eigenvalue weighted by molar-refractivity contribution is 14.0. The third-order valence-electron chi connectivity index (χ3n) is 2.67. The van der Waals surface area contributed by atoms with Gasteiger partial charge in [-0.15, -0.1) is 24.0 Å². The van der Waals surface area contributed by atoms with Crippen molar-refractivity contribution in [1.82, 2.24) is 15.5 Å². The largest absolute Gasteiger partial charge is 0.357 e. The van der Waals surface area contributed by atoms with E-state index in [2.05, 4.69) is 31.6 Å². The first-order chi connectivity index (χ1) is 9.93. The summed E-state index contributed by atoms with van der Waals surface area (Å²) in [6, 6.07) is 5.68. The van der Waals surface area contributed by atoms with Crippen LogP contribution in [0.2, 0.25) is 5.02 Å². The summed E-state index contributed by atoms with van der Waals surface area (Å²) in [5.41, 5.74) is 0.927. The molecule has 0 unspecified atom stereocenters. The van der Waals surface area contributed by atoms with Gasteiger partial charge in [-0.05, 0) is 24.6 Å². The van der Waals surface area contributed by atoms with Gasteiger partial charge in [0, 0.05) is 30.1 Å². The normalized spacial score (nSPS) is 10.7. The number of nitrogens with zero attached hydrogens (tertiary/aromatic N) is 2. The van der Waals surface area contributed by atoms with Gasteiger partial charge >= 0.3 is 0 Å². The second-order valence-corrected chi connectivity index (χ2v) is 5.90. The lowest BCUT2D eigenvalue weighted by Gasteiger charge is -2.14. The van der Waals surface area contributed by atoms with E-state index in [0.717, 1.165) is 16.6 Å². The Morgan fingerprint density at radius 3 is 2.59 bits per heavy atom. The number of aliphatic imine (C=N–C) groups is 1. The van der Waals surface area contributed by atoms with Crippen LogP contribution in [0.5, 0.6) is 0 Å². The van der Waals surface area contributed by atoms with Crippen molar-refractivity contribution in [2.24, 2.45) is 4.99 Å². The van der Waals surface area contributed by atoms with Crippen LogP contribution in [0.3, 0.4) is 0 Å². The van der Waals surface area contributed by atoms with Crippen LogP contribution in [-0.4, -0.2) is 44.0 Å². The maximum Gasteiger partial charge on any atom is 0.241 e. The summed E-state index contributed by atoms with van der Waals surface area (Å²) in [6.45, 7) is 3.33. The van der Waals surface area contributed by atoms with Gasteiger partial charge in [0.2, 0.25) is 5.91 Å². The van der Waals surface area contributed by atoms with E-state index < -0.39 is 0 Å². The van der Waals surface area contributed by atoms with Crippen LogP contribution in [-0.2, 0) is 11.3 Å². The summed E-state index contributed by atoms with van der Waals surface area (Å²) in [6.07, 6.45) is 0. The fourth-order valence-corrected chi connectivity index (χ4v) is 2.21. The molecule has 0 saturated heterocycles. The van der Waals surface area contributed by atoms with Crippen molar-refractivity contribution in [2.75, 3.05) is 27.2 Å². The average molecular weight is 504 g/mol. The minimum atomic E-state index is -0.0118. The Bertz CT molecular complexity index is 526. The molecule has 8 heteroatoms. The Morgan fingerprint density at radius 1 is 1.36 bits per heavy atom. The Morgan fingerprint density at radius 2 is 2.05 bits per heavy atom. The lowest BCUT2D eigenvalue weighted by Crippen LogP contribution is -2.42. The maximum absolute atomic E-state index is 11.6. The number of rotatable bonds is 5. The van der Waals surface area contributed by atoms with E-state index in [1.54, 1.807) is 14.1 Å². The SMILES string of the molecule is CCNC(=NCc1ccc(Br)cc1Cl)NCC(=O)N(C)C.I. The van der Waals surface area contributed by atoms with Gasteiger partial charge in [0.05, 0.1) is 13.1 Å². The first kappa shape index (κ1) is 21.5. The number of carbonyl (C=O) groups is 1.